The molecule has 6 aromatic carbocycles. The lowest BCUT2D eigenvalue weighted by Crippen LogP contribution is -2.11. The van der Waals surface area contributed by atoms with Crippen LogP contribution in [-0.2, 0) is 0 Å². The van der Waals surface area contributed by atoms with Crippen LogP contribution in [0, 0.1) is 11.8 Å². The average Bonchev–Trinajstić information content (AvgIpc) is 3.61. The summed E-state index contributed by atoms with van der Waals surface area (Å²) in [5.74, 6) is 1.51. The molecule has 9 rings (SSSR count). The molecule has 3 nitrogen and oxygen atoms in total. The van der Waals surface area contributed by atoms with Gasteiger partial charge in [-0.15, -0.1) is 0 Å². The zero-order chi connectivity index (χ0) is 31.9. The topological polar surface area (TPSA) is 29.3 Å². The normalized spacial score (nSPS) is 16.6. The maximum absolute atomic E-state index is 6.35. The van der Waals surface area contributed by atoms with E-state index in [1.54, 1.807) is 0 Å². The van der Waals surface area contributed by atoms with Crippen LogP contribution in [0.5, 0.6) is 0 Å². The predicted molar refractivity (Wildman–Crippen MR) is 199 cm³/mol. The number of hydrogen-bond acceptors (Lipinski definition) is 3. The fourth-order valence-electron chi connectivity index (χ4n) is 6.98. The third-order valence-electron chi connectivity index (χ3n) is 9.42. The molecule has 7 aromatic rings. The first-order valence-electron chi connectivity index (χ1n) is 16.5. The van der Waals surface area contributed by atoms with E-state index in [-0.39, 0.29) is 0 Å². The van der Waals surface area contributed by atoms with Gasteiger partial charge in [-0.3, -0.25) is 0 Å². The second-order valence-corrected chi connectivity index (χ2v) is 12.4. The molecule has 0 aliphatic heterocycles. The van der Waals surface area contributed by atoms with E-state index in [0.29, 0.717) is 17.7 Å². The third kappa shape index (κ3) is 5.06. The number of rotatable bonds is 6. The van der Waals surface area contributed by atoms with E-state index in [0.717, 1.165) is 55.6 Å². The Kier molecular flexibility index (Phi) is 6.94. The molecule has 1 heterocycles. The van der Waals surface area contributed by atoms with Crippen LogP contribution >= 0.6 is 0 Å². The number of nitrogens with zero attached hydrogens (tertiary/aromatic N) is 2. The maximum atomic E-state index is 6.35. The van der Waals surface area contributed by atoms with Gasteiger partial charge in [0.15, 0.2) is 5.58 Å². The van der Waals surface area contributed by atoms with Crippen molar-refractivity contribution in [2.45, 2.75) is 0 Å². The predicted octanol–water partition coefficient (Wildman–Crippen LogP) is 12.1. The van der Waals surface area contributed by atoms with Crippen molar-refractivity contribution >= 4 is 44.5 Å². The first-order valence-corrected chi connectivity index (χ1v) is 16.5. The van der Waals surface area contributed by atoms with E-state index >= 15 is 0 Å². The summed E-state index contributed by atoms with van der Waals surface area (Å²) >= 11 is 0. The fraction of sp³-hybridized carbons (Fsp3) is 0.0444. The molecule has 0 radical (unpaired) electrons. The number of hydrogen-bond donors (Lipinski definition) is 0. The van der Waals surface area contributed by atoms with Crippen LogP contribution in [0.15, 0.2) is 186 Å². The monoisotopic (exact) mass is 616 g/mol. The summed E-state index contributed by atoms with van der Waals surface area (Å²) in [6.07, 6.45) is 15.8. The number of aromatic nitrogens is 1. The van der Waals surface area contributed by atoms with Gasteiger partial charge >= 0.3 is 0 Å². The molecule has 1 aromatic heterocycles. The van der Waals surface area contributed by atoms with Gasteiger partial charge in [0.05, 0.1) is 0 Å². The largest absolute Gasteiger partial charge is 0.435 e. The van der Waals surface area contributed by atoms with Crippen LogP contribution in [0.4, 0.5) is 17.1 Å². The highest BCUT2D eigenvalue weighted by Gasteiger charge is 2.20. The zero-order valence-electron chi connectivity index (χ0n) is 26.3. The van der Waals surface area contributed by atoms with Crippen LogP contribution in [0.25, 0.3) is 50.0 Å². The first kappa shape index (κ1) is 28.1. The minimum absolute atomic E-state index is 0.419. The van der Waals surface area contributed by atoms with Crippen molar-refractivity contribution in [2.24, 2.45) is 11.8 Å². The van der Waals surface area contributed by atoms with E-state index in [2.05, 4.69) is 157 Å². The van der Waals surface area contributed by atoms with Gasteiger partial charge in [0.25, 0.3) is 0 Å². The average molecular weight is 617 g/mol. The van der Waals surface area contributed by atoms with Crippen LogP contribution in [0.1, 0.15) is 5.56 Å². The molecule has 2 aliphatic carbocycles. The van der Waals surface area contributed by atoms with Gasteiger partial charge in [-0.1, -0.05) is 127 Å². The minimum Gasteiger partial charge on any atom is -0.435 e. The Bertz CT molecular complexity index is 2380. The van der Waals surface area contributed by atoms with Crippen molar-refractivity contribution in [3.8, 4) is 22.6 Å². The summed E-state index contributed by atoms with van der Waals surface area (Å²) in [4.78, 5) is 7.23. The zero-order valence-corrected chi connectivity index (χ0v) is 26.3. The molecule has 0 fully saturated rings. The molecule has 48 heavy (non-hydrogen) atoms. The molecule has 0 spiro atoms. The molecule has 2 unspecified atom stereocenters. The second kappa shape index (κ2) is 11.9. The van der Waals surface area contributed by atoms with Gasteiger partial charge in [0, 0.05) is 39.8 Å². The van der Waals surface area contributed by atoms with E-state index < -0.39 is 0 Å². The second-order valence-electron chi connectivity index (χ2n) is 12.4. The summed E-state index contributed by atoms with van der Waals surface area (Å²) in [7, 11) is 0. The first-order chi connectivity index (χ1) is 23.8. The van der Waals surface area contributed by atoms with E-state index in [9.17, 15) is 0 Å². The lowest BCUT2D eigenvalue weighted by Gasteiger charge is -2.26. The summed E-state index contributed by atoms with van der Waals surface area (Å²) in [5.41, 5.74) is 10.7. The number of para-hydroxylation sites is 1. The Hall–Kier alpha value is -6.19. The van der Waals surface area contributed by atoms with Gasteiger partial charge in [-0.2, -0.15) is 0 Å². The summed E-state index contributed by atoms with van der Waals surface area (Å²) < 4.78 is 6.35. The molecular weight excluding hydrogens is 585 g/mol. The fourth-order valence-corrected chi connectivity index (χ4v) is 6.98. The van der Waals surface area contributed by atoms with Crippen molar-refractivity contribution in [2.75, 3.05) is 4.90 Å². The molecule has 2 aliphatic rings. The highest BCUT2D eigenvalue weighted by atomic mass is 16.3. The van der Waals surface area contributed by atoms with Gasteiger partial charge in [-0.05, 0) is 82.2 Å². The van der Waals surface area contributed by atoms with Gasteiger partial charge in [-0.25, -0.2) is 4.98 Å². The Morgan fingerprint density at radius 1 is 0.521 bits per heavy atom. The van der Waals surface area contributed by atoms with E-state index in [1.165, 1.54) is 11.1 Å². The molecule has 3 heteroatoms. The van der Waals surface area contributed by atoms with Crippen molar-refractivity contribution in [1.29, 1.82) is 0 Å². The Morgan fingerprint density at radius 3 is 1.85 bits per heavy atom. The lowest BCUT2D eigenvalue weighted by atomic mass is 9.81. The van der Waals surface area contributed by atoms with Crippen LogP contribution in [0.2, 0.25) is 0 Å². The molecule has 228 valence electrons. The summed E-state index contributed by atoms with van der Waals surface area (Å²) in [6, 6.07) is 49.0. The molecule has 0 saturated carbocycles. The summed E-state index contributed by atoms with van der Waals surface area (Å²) in [6.45, 7) is 0. The SMILES string of the molecule is C1=CC2C=CC(c3ccc(N(c4ccccc4)c4ccc(-c5cc6nc(-c7ccccc7)oc6c6ccccc56)cc4)cc3)=CC2C=C1. The molecule has 2 atom stereocenters. The number of oxazole rings is 1. The molecule has 0 N–H and O–H groups in total. The van der Waals surface area contributed by atoms with Crippen LogP contribution in [-0.4, -0.2) is 4.98 Å². The van der Waals surface area contributed by atoms with Gasteiger partial charge in [0.2, 0.25) is 5.89 Å². The number of benzene rings is 6. The Labute approximate surface area is 280 Å². The van der Waals surface area contributed by atoms with Crippen molar-refractivity contribution in [3.05, 3.63) is 188 Å². The van der Waals surface area contributed by atoms with E-state index in [1.807, 2.05) is 30.3 Å². The van der Waals surface area contributed by atoms with Crippen LogP contribution in [0.3, 0.4) is 0 Å². The highest BCUT2D eigenvalue weighted by Crippen LogP contribution is 2.40. The van der Waals surface area contributed by atoms with Crippen molar-refractivity contribution < 1.29 is 4.42 Å². The third-order valence-corrected chi connectivity index (χ3v) is 9.42. The molecular formula is C45H32N2O. The van der Waals surface area contributed by atoms with Crippen molar-refractivity contribution in [3.63, 3.8) is 0 Å². The maximum Gasteiger partial charge on any atom is 0.227 e. The molecule has 0 bridgehead atoms. The smallest absolute Gasteiger partial charge is 0.227 e. The quantitative estimate of drug-likeness (QED) is 0.186. The minimum atomic E-state index is 0.419. The molecule has 0 amide bonds. The number of anilines is 3. The Morgan fingerprint density at radius 2 is 1.12 bits per heavy atom. The Balaban J connectivity index is 1.08. The number of allylic oxidation sites excluding steroid dienone is 8. The standard InChI is InChI=1S/C45H32N2O/c1-3-12-34(13-4-1)45-46-43-30-42(40-17-9-10-18-41(40)44(43)48-45)33-23-27-39(28-24-33)47(37-15-5-2-6-16-37)38-25-21-32(22-26-38)36-20-19-31-11-7-8-14-35(31)29-36/h1-31,35H. The van der Waals surface area contributed by atoms with Gasteiger partial charge < -0.3 is 9.32 Å². The van der Waals surface area contributed by atoms with E-state index in [4.69, 9.17) is 9.40 Å². The van der Waals surface area contributed by atoms with Crippen LogP contribution < -0.4 is 4.90 Å². The lowest BCUT2D eigenvalue weighted by molar-refractivity contribution is 0.623. The van der Waals surface area contributed by atoms with Crippen molar-refractivity contribution in [1.82, 2.24) is 4.98 Å². The summed E-state index contributed by atoms with van der Waals surface area (Å²) in [5, 5.41) is 2.20. The molecule has 0 saturated heterocycles. The highest BCUT2D eigenvalue weighted by molar-refractivity contribution is 6.11. The van der Waals surface area contributed by atoms with Gasteiger partial charge in [0.1, 0.15) is 5.52 Å². The number of fused-ring (bicyclic) bond motifs is 4.